The molecule has 7 heteroatoms. The lowest BCUT2D eigenvalue weighted by Crippen LogP contribution is -2.38. The molecule has 1 fully saturated rings. The highest BCUT2D eigenvalue weighted by atomic mass is 19.4. The molecule has 2 rings (SSSR count). The highest BCUT2D eigenvalue weighted by Crippen LogP contribution is 2.38. The standard InChI is InChI=1S/C13H18F3N3O/c1-11(2)7-9(12(3,4)20-11)19-10-17-6-5-8(18-10)13(14,15)16/h5-6,9H,7H2,1-4H3,(H,17,18,19). The van der Waals surface area contributed by atoms with E-state index in [-0.39, 0.29) is 17.6 Å². The maximum absolute atomic E-state index is 12.6. The van der Waals surface area contributed by atoms with E-state index in [1.54, 1.807) is 0 Å². The van der Waals surface area contributed by atoms with E-state index in [0.717, 1.165) is 12.3 Å². The minimum Gasteiger partial charge on any atom is -0.367 e. The van der Waals surface area contributed by atoms with Crippen LogP contribution < -0.4 is 5.32 Å². The molecule has 1 aliphatic heterocycles. The van der Waals surface area contributed by atoms with Crippen molar-refractivity contribution in [1.82, 2.24) is 9.97 Å². The number of nitrogens with zero attached hydrogens (tertiary/aromatic N) is 2. The van der Waals surface area contributed by atoms with Gasteiger partial charge in [-0.05, 0) is 40.2 Å². The lowest BCUT2D eigenvalue weighted by molar-refractivity contribution is -0.141. The van der Waals surface area contributed by atoms with Crippen molar-refractivity contribution < 1.29 is 17.9 Å². The van der Waals surface area contributed by atoms with Gasteiger partial charge in [0, 0.05) is 6.20 Å². The molecule has 0 bridgehead atoms. The summed E-state index contributed by atoms with van der Waals surface area (Å²) in [5.41, 5.74) is -1.78. The van der Waals surface area contributed by atoms with E-state index in [1.807, 2.05) is 27.7 Å². The quantitative estimate of drug-likeness (QED) is 0.908. The smallest absolute Gasteiger partial charge is 0.367 e. The van der Waals surface area contributed by atoms with Crippen molar-refractivity contribution in [2.24, 2.45) is 0 Å². The van der Waals surface area contributed by atoms with E-state index in [4.69, 9.17) is 4.74 Å². The molecule has 1 aromatic heterocycles. The lowest BCUT2D eigenvalue weighted by Gasteiger charge is -2.27. The molecular formula is C13H18F3N3O. The summed E-state index contributed by atoms with van der Waals surface area (Å²) < 4.78 is 43.7. The van der Waals surface area contributed by atoms with Gasteiger partial charge in [-0.2, -0.15) is 13.2 Å². The Kier molecular flexibility index (Phi) is 3.44. The molecule has 2 heterocycles. The van der Waals surface area contributed by atoms with E-state index in [9.17, 15) is 13.2 Å². The summed E-state index contributed by atoms with van der Waals surface area (Å²) in [6, 6.07) is 0.701. The van der Waals surface area contributed by atoms with Crippen LogP contribution in [0.3, 0.4) is 0 Å². The number of alkyl halides is 3. The molecule has 1 aliphatic rings. The Labute approximate surface area is 115 Å². The Balaban J connectivity index is 2.19. The van der Waals surface area contributed by atoms with E-state index in [2.05, 4.69) is 15.3 Å². The average Bonchev–Trinajstić information content (AvgIpc) is 2.45. The van der Waals surface area contributed by atoms with Crippen LogP contribution in [0.1, 0.15) is 39.8 Å². The Morgan fingerprint density at radius 3 is 2.45 bits per heavy atom. The molecule has 1 unspecified atom stereocenters. The second-order valence-corrected chi connectivity index (χ2v) is 6.13. The summed E-state index contributed by atoms with van der Waals surface area (Å²) in [6.07, 6.45) is -2.70. The fourth-order valence-corrected chi connectivity index (χ4v) is 2.53. The zero-order valence-corrected chi connectivity index (χ0v) is 11.9. The molecule has 0 amide bonds. The van der Waals surface area contributed by atoms with Crippen LogP contribution >= 0.6 is 0 Å². The van der Waals surface area contributed by atoms with E-state index >= 15 is 0 Å². The van der Waals surface area contributed by atoms with Gasteiger partial charge in [0.05, 0.1) is 17.2 Å². The number of ether oxygens (including phenoxy) is 1. The lowest BCUT2D eigenvalue weighted by atomic mass is 9.95. The van der Waals surface area contributed by atoms with Crippen LogP contribution in [0.5, 0.6) is 0 Å². The number of halogens is 3. The minimum absolute atomic E-state index is 0.0285. The molecule has 112 valence electrons. The fourth-order valence-electron chi connectivity index (χ4n) is 2.53. The molecule has 0 aliphatic carbocycles. The zero-order chi connectivity index (χ0) is 15.2. The summed E-state index contributed by atoms with van der Waals surface area (Å²) in [4.78, 5) is 7.37. The molecule has 1 aromatic rings. The van der Waals surface area contributed by atoms with Crippen molar-refractivity contribution in [2.75, 3.05) is 5.32 Å². The summed E-state index contributed by atoms with van der Waals surface area (Å²) in [7, 11) is 0. The molecule has 0 spiro atoms. The number of hydrogen-bond acceptors (Lipinski definition) is 4. The van der Waals surface area contributed by atoms with Gasteiger partial charge >= 0.3 is 6.18 Å². The molecule has 1 atom stereocenters. The maximum atomic E-state index is 12.6. The van der Waals surface area contributed by atoms with Gasteiger partial charge in [-0.3, -0.25) is 0 Å². The van der Waals surface area contributed by atoms with Gasteiger partial charge in [-0.1, -0.05) is 0 Å². The maximum Gasteiger partial charge on any atom is 0.433 e. The second-order valence-electron chi connectivity index (χ2n) is 6.13. The van der Waals surface area contributed by atoms with Gasteiger partial charge in [-0.15, -0.1) is 0 Å². The molecule has 1 saturated heterocycles. The number of hydrogen-bond donors (Lipinski definition) is 1. The van der Waals surface area contributed by atoms with Crippen LogP contribution in [-0.4, -0.2) is 27.2 Å². The molecular weight excluding hydrogens is 271 g/mol. The van der Waals surface area contributed by atoms with Crippen molar-refractivity contribution in [3.05, 3.63) is 18.0 Å². The highest BCUT2D eigenvalue weighted by molar-refractivity contribution is 5.30. The van der Waals surface area contributed by atoms with Crippen LogP contribution in [-0.2, 0) is 10.9 Å². The van der Waals surface area contributed by atoms with Gasteiger partial charge in [0.2, 0.25) is 5.95 Å². The predicted octanol–water partition coefficient (Wildman–Crippen LogP) is 3.25. The average molecular weight is 289 g/mol. The number of anilines is 1. The van der Waals surface area contributed by atoms with Gasteiger partial charge in [0.1, 0.15) is 5.69 Å². The Morgan fingerprint density at radius 1 is 1.30 bits per heavy atom. The third-order valence-corrected chi connectivity index (χ3v) is 3.32. The first-order valence-electron chi connectivity index (χ1n) is 6.37. The number of aromatic nitrogens is 2. The summed E-state index contributed by atoms with van der Waals surface area (Å²) >= 11 is 0. The summed E-state index contributed by atoms with van der Waals surface area (Å²) in [5.74, 6) is -0.0285. The van der Waals surface area contributed by atoms with Crippen LogP contribution in [0.2, 0.25) is 0 Å². The third kappa shape index (κ3) is 3.20. The SMILES string of the molecule is CC1(C)CC(Nc2nccc(C(F)(F)F)n2)C(C)(C)O1. The number of nitrogens with one attached hydrogen (secondary N) is 1. The van der Waals surface area contributed by atoms with Gasteiger partial charge in [-0.25, -0.2) is 9.97 Å². The molecule has 0 aromatic carbocycles. The van der Waals surface area contributed by atoms with Crippen LogP contribution in [0.15, 0.2) is 12.3 Å². The first-order chi connectivity index (χ1) is 9.00. The topological polar surface area (TPSA) is 47.0 Å². The van der Waals surface area contributed by atoms with Crippen molar-refractivity contribution in [3.63, 3.8) is 0 Å². The summed E-state index contributed by atoms with van der Waals surface area (Å²) in [6.45, 7) is 7.69. The van der Waals surface area contributed by atoms with Crippen molar-refractivity contribution >= 4 is 5.95 Å². The van der Waals surface area contributed by atoms with Crippen molar-refractivity contribution in [3.8, 4) is 0 Å². The minimum atomic E-state index is -4.47. The van der Waals surface area contributed by atoms with Gasteiger partial charge in [0.25, 0.3) is 0 Å². The third-order valence-electron chi connectivity index (χ3n) is 3.32. The molecule has 20 heavy (non-hydrogen) atoms. The Morgan fingerprint density at radius 2 is 1.95 bits per heavy atom. The molecule has 1 N–H and O–H groups in total. The molecule has 0 radical (unpaired) electrons. The Hall–Kier alpha value is -1.37. The first kappa shape index (κ1) is 15.0. The fraction of sp³-hybridized carbons (Fsp3) is 0.692. The predicted molar refractivity (Wildman–Crippen MR) is 68.3 cm³/mol. The summed E-state index contributed by atoms with van der Waals surface area (Å²) in [5, 5.41) is 2.95. The number of rotatable bonds is 2. The second kappa shape index (κ2) is 4.58. The van der Waals surface area contributed by atoms with Crippen LogP contribution in [0.25, 0.3) is 0 Å². The highest BCUT2D eigenvalue weighted by Gasteiger charge is 2.46. The monoisotopic (exact) mass is 289 g/mol. The van der Waals surface area contributed by atoms with Crippen molar-refractivity contribution in [2.45, 2.75) is 57.5 Å². The molecule has 0 saturated carbocycles. The first-order valence-corrected chi connectivity index (χ1v) is 6.37. The normalized spacial score (nSPS) is 24.6. The largest absolute Gasteiger partial charge is 0.433 e. The van der Waals surface area contributed by atoms with E-state index < -0.39 is 17.5 Å². The molecule has 4 nitrogen and oxygen atoms in total. The van der Waals surface area contributed by atoms with Gasteiger partial charge in [0.15, 0.2) is 0 Å². The Bertz CT molecular complexity index is 500. The van der Waals surface area contributed by atoms with E-state index in [0.29, 0.717) is 6.42 Å². The van der Waals surface area contributed by atoms with Gasteiger partial charge < -0.3 is 10.1 Å². The van der Waals surface area contributed by atoms with Crippen LogP contribution in [0.4, 0.5) is 19.1 Å². The van der Waals surface area contributed by atoms with E-state index in [1.165, 1.54) is 0 Å². The van der Waals surface area contributed by atoms with Crippen molar-refractivity contribution in [1.29, 1.82) is 0 Å². The zero-order valence-electron chi connectivity index (χ0n) is 11.9. The van der Waals surface area contributed by atoms with Crippen LogP contribution in [0, 0.1) is 0 Å².